The lowest BCUT2D eigenvalue weighted by Crippen LogP contribution is -2.01. The highest BCUT2D eigenvalue weighted by Crippen LogP contribution is 2.19. The summed E-state index contributed by atoms with van der Waals surface area (Å²) >= 11 is 0. The molecule has 6 nitrogen and oxygen atoms in total. The Labute approximate surface area is 135 Å². The van der Waals surface area contributed by atoms with Gasteiger partial charge in [-0.2, -0.15) is 10.5 Å². The fourth-order valence-corrected chi connectivity index (χ4v) is 2.00. The number of nitrogens with one attached hydrogen (secondary N) is 1. The zero-order chi connectivity index (χ0) is 16.3. The topological polar surface area (TPSA) is 94.7 Å². The molecule has 0 aliphatic carbocycles. The molecule has 0 atom stereocenters. The molecule has 23 heavy (non-hydrogen) atoms. The van der Waals surface area contributed by atoms with E-state index in [4.69, 9.17) is 20.0 Å². The molecule has 6 heteroatoms. The maximum Gasteiger partial charge on any atom is 0.137 e. The van der Waals surface area contributed by atoms with E-state index >= 15 is 0 Å². The minimum Gasteiger partial charge on any atom is -0.374 e. The molecule has 2 rings (SSSR count). The van der Waals surface area contributed by atoms with Crippen molar-refractivity contribution < 1.29 is 9.47 Å². The zero-order valence-corrected chi connectivity index (χ0v) is 12.8. The normalized spacial score (nSPS) is 10.2. The van der Waals surface area contributed by atoms with Crippen molar-refractivity contribution in [3.8, 4) is 23.5 Å². The molecule has 2 aromatic rings. The number of imidazole rings is 1. The highest BCUT2D eigenvalue weighted by Gasteiger charge is 2.12. The van der Waals surface area contributed by atoms with Crippen LogP contribution in [0, 0.1) is 22.7 Å². The van der Waals surface area contributed by atoms with E-state index in [-0.39, 0.29) is 0 Å². The van der Waals surface area contributed by atoms with Crippen molar-refractivity contribution in [3.63, 3.8) is 0 Å². The van der Waals surface area contributed by atoms with Gasteiger partial charge in [0.1, 0.15) is 5.82 Å². The van der Waals surface area contributed by atoms with Crippen molar-refractivity contribution in [2.45, 2.75) is 26.1 Å². The molecule has 0 saturated heterocycles. The largest absolute Gasteiger partial charge is 0.374 e. The molecule has 0 aliphatic rings. The van der Waals surface area contributed by atoms with E-state index in [1.54, 1.807) is 0 Å². The molecule has 0 spiro atoms. The fourth-order valence-electron chi connectivity index (χ4n) is 2.00. The molecule has 0 saturated carbocycles. The minimum atomic E-state index is 0.321. The summed E-state index contributed by atoms with van der Waals surface area (Å²) in [5, 5.41) is 17.1. The summed E-state index contributed by atoms with van der Waals surface area (Å²) in [5.74, 6) is 0.753. The molecule has 0 aliphatic heterocycles. The molecule has 0 bridgehead atoms. The van der Waals surface area contributed by atoms with Crippen LogP contribution >= 0.6 is 0 Å². The third-order valence-corrected chi connectivity index (χ3v) is 3.11. The second-order valence-corrected chi connectivity index (χ2v) is 4.80. The SMILES string of the molecule is N#CCCOCc1nc(-c2ccccc2)[nH]c1COCCC#N. The lowest BCUT2D eigenvalue weighted by atomic mass is 10.2. The monoisotopic (exact) mass is 310 g/mol. The van der Waals surface area contributed by atoms with E-state index in [9.17, 15) is 0 Å². The highest BCUT2D eigenvalue weighted by atomic mass is 16.5. The molecule has 1 aromatic heterocycles. The number of rotatable bonds is 9. The first kappa shape index (κ1) is 16.7. The van der Waals surface area contributed by atoms with Gasteiger partial charge in [0.25, 0.3) is 0 Å². The number of aromatic nitrogens is 2. The molecule has 0 fully saturated rings. The Hall–Kier alpha value is -2.67. The molecule has 1 N–H and O–H groups in total. The zero-order valence-electron chi connectivity index (χ0n) is 12.8. The van der Waals surface area contributed by atoms with Crippen molar-refractivity contribution in [1.82, 2.24) is 9.97 Å². The van der Waals surface area contributed by atoms with Gasteiger partial charge in [0.05, 0.1) is 62.8 Å². The highest BCUT2D eigenvalue weighted by molar-refractivity contribution is 5.55. The van der Waals surface area contributed by atoms with Gasteiger partial charge >= 0.3 is 0 Å². The van der Waals surface area contributed by atoms with Crippen LogP contribution < -0.4 is 0 Å². The smallest absolute Gasteiger partial charge is 0.137 e. The number of H-pyrrole nitrogens is 1. The van der Waals surface area contributed by atoms with Crippen LogP contribution in [0.2, 0.25) is 0 Å². The Morgan fingerprint density at radius 3 is 2.26 bits per heavy atom. The number of nitriles is 2. The van der Waals surface area contributed by atoms with Crippen LogP contribution in [0.5, 0.6) is 0 Å². The number of ether oxygens (including phenoxy) is 2. The quantitative estimate of drug-likeness (QED) is 0.718. The number of hydrogen-bond acceptors (Lipinski definition) is 5. The van der Waals surface area contributed by atoms with Gasteiger partial charge in [0.2, 0.25) is 0 Å². The lowest BCUT2D eigenvalue weighted by Gasteiger charge is -2.03. The van der Waals surface area contributed by atoms with Gasteiger partial charge in [0.15, 0.2) is 0 Å². The van der Waals surface area contributed by atoms with E-state index in [1.165, 1.54) is 0 Å². The first-order chi connectivity index (χ1) is 11.3. The Morgan fingerprint density at radius 2 is 1.61 bits per heavy atom. The minimum absolute atomic E-state index is 0.321. The van der Waals surface area contributed by atoms with Crippen LogP contribution in [0.4, 0.5) is 0 Å². The maximum absolute atomic E-state index is 8.54. The second-order valence-electron chi connectivity index (χ2n) is 4.80. The predicted molar refractivity (Wildman–Crippen MR) is 83.8 cm³/mol. The molecule has 0 unspecified atom stereocenters. The Kier molecular flexibility index (Phi) is 6.80. The van der Waals surface area contributed by atoms with Crippen LogP contribution in [-0.4, -0.2) is 23.2 Å². The maximum atomic E-state index is 8.54. The Balaban J connectivity index is 2.08. The summed E-state index contributed by atoms with van der Waals surface area (Å²) < 4.78 is 10.9. The Morgan fingerprint density at radius 1 is 0.957 bits per heavy atom. The molecular weight excluding hydrogens is 292 g/mol. The van der Waals surface area contributed by atoms with Crippen molar-refractivity contribution in [2.75, 3.05) is 13.2 Å². The molecule has 0 amide bonds. The van der Waals surface area contributed by atoms with E-state index < -0.39 is 0 Å². The summed E-state index contributed by atoms with van der Waals surface area (Å²) in [6.07, 6.45) is 0.706. The molecule has 1 aromatic carbocycles. The average molecular weight is 310 g/mol. The first-order valence-corrected chi connectivity index (χ1v) is 7.37. The van der Waals surface area contributed by atoms with Gasteiger partial charge in [-0.1, -0.05) is 30.3 Å². The summed E-state index contributed by atoms with van der Waals surface area (Å²) in [6.45, 7) is 1.42. The third kappa shape index (κ3) is 5.23. The third-order valence-electron chi connectivity index (χ3n) is 3.11. The average Bonchev–Trinajstić information content (AvgIpc) is 3.00. The predicted octanol–water partition coefficient (Wildman–Crippen LogP) is 2.94. The van der Waals surface area contributed by atoms with Gasteiger partial charge in [-0.3, -0.25) is 0 Å². The van der Waals surface area contributed by atoms with E-state index in [0.717, 1.165) is 22.8 Å². The summed E-state index contributed by atoms with van der Waals surface area (Å²) in [7, 11) is 0. The summed E-state index contributed by atoms with van der Waals surface area (Å²) in [4.78, 5) is 7.82. The number of aromatic amines is 1. The first-order valence-electron chi connectivity index (χ1n) is 7.37. The fraction of sp³-hybridized carbons (Fsp3) is 0.353. The number of benzene rings is 1. The summed E-state index contributed by atoms with van der Waals surface area (Å²) in [6, 6.07) is 13.9. The van der Waals surface area contributed by atoms with Crippen molar-refractivity contribution in [2.24, 2.45) is 0 Å². The van der Waals surface area contributed by atoms with Crippen molar-refractivity contribution in [1.29, 1.82) is 10.5 Å². The lowest BCUT2D eigenvalue weighted by molar-refractivity contribution is 0.109. The van der Waals surface area contributed by atoms with Crippen molar-refractivity contribution in [3.05, 3.63) is 41.7 Å². The summed E-state index contributed by atoms with van der Waals surface area (Å²) in [5.41, 5.74) is 2.58. The van der Waals surface area contributed by atoms with E-state index in [0.29, 0.717) is 39.3 Å². The van der Waals surface area contributed by atoms with Gasteiger partial charge in [-0.15, -0.1) is 0 Å². The number of nitrogens with zero attached hydrogens (tertiary/aromatic N) is 3. The van der Waals surface area contributed by atoms with Crippen LogP contribution in [0.25, 0.3) is 11.4 Å². The Bertz CT molecular complexity index is 643. The van der Waals surface area contributed by atoms with Gasteiger partial charge in [0, 0.05) is 5.56 Å². The van der Waals surface area contributed by atoms with Crippen LogP contribution in [0.15, 0.2) is 30.3 Å². The van der Waals surface area contributed by atoms with Crippen LogP contribution in [0.3, 0.4) is 0 Å². The second kappa shape index (κ2) is 9.37. The van der Waals surface area contributed by atoms with Crippen molar-refractivity contribution >= 4 is 0 Å². The van der Waals surface area contributed by atoms with Crippen LogP contribution in [0.1, 0.15) is 24.2 Å². The molecule has 118 valence electrons. The van der Waals surface area contributed by atoms with Gasteiger partial charge < -0.3 is 14.5 Å². The van der Waals surface area contributed by atoms with E-state index in [2.05, 4.69) is 9.97 Å². The standard InChI is InChI=1S/C17H18N4O2/c18-8-4-10-22-12-15-16(13-23-11-5-9-19)21-17(20-15)14-6-2-1-3-7-14/h1-3,6-7H,4-5,10-13H2,(H,20,21). The van der Waals surface area contributed by atoms with Crippen LogP contribution in [-0.2, 0) is 22.7 Å². The number of hydrogen-bond donors (Lipinski definition) is 1. The molecule has 0 radical (unpaired) electrons. The van der Waals surface area contributed by atoms with Gasteiger partial charge in [-0.25, -0.2) is 4.98 Å². The molecule has 1 heterocycles. The molecular formula is C17H18N4O2. The van der Waals surface area contributed by atoms with Gasteiger partial charge in [-0.05, 0) is 0 Å². The van der Waals surface area contributed by atoms with E-state index in [1.807, 2.05) is 42.5 Å².